The lowest BCUT2D eigenvalue weighted by Crippen LogP contribution is -2.46. The van der Waals surface area contributed by atoms with Crippen LogP contribution in [-0.4, -0.2) is 57.0 Å². The van der Waals surface area contributed by atoms with Crippen molar-refractivity contribution in [3.8, 4) is 11.9 Å². The summed E-state index contributed by atoms with van der Waals surface area (Å²) in [6.07, 6.45) is 0.860. The van der Waals surface area contributed by atoms with Crippen LogP contribution in [0.15, 0.2) is 36.8 Å². The SMILES string of the molecule is N#CN1C[C@H](NC(=O)C2NC=C(c3ccc(F)c(OC(F)(F)F)c3)O2)C[C@H]1Cn1ccnn1. The van der Waals surface area contributed by atoms with Crippen LogP contribution >= 0.6 is 0 Å². The van der Waals surface area contributed by atoms with Gasteiger partial charge in [-0.1, -0.05) is 5.21 Å². The van der Waals surface area contributed by atoms with E-state index in [1.54, 1.807) is 15.8 Å². The molecular weight excluding hydrogens is 450 g/mol. The Morgan fingerprint density at radius 1 is 1.42 bits per heavy atom. The molecule has 0 aliphatic carbocycles. The second-order valence-electron chi connectivity index (χ2n) is 7.34. The van der Waals surface area contributed by atoms with Gasteiger partial charge in [-0.2, -0.15) is 5.26 Å². The number of hydrogen-bond acceptors (Lipinski definition) is 8. The van der Waals surface area contributed by atoms with Crippen LogP contribution in [0.2, 0.25) is 0 Å². The van der Waals surface area contributed by atoms with E-state index in [-0.39, 0.29) is 23.4 Å². The minimum Gasteiger partial charge on any atom is -0.459 e. The molecule has 0 spiro atoms. The molecule has 3 atom stereocenters. The maximum Gasteiger partial charge on any atom is 0.573 e. The standard InChI is InChI=1S/C19H17F4N7O3/c20-14-2-1-11(5-15(14)33-19(21,22)23)16-7-25-18(32-16)17(31)27-12-6-13(29(8-12)10-24)9-30-4-3-26-28-30/h1-5,7,12-13,18,25H,6,8-9H2,(H,27,31)/t12-,13+,18?/m1/s1. The maximum absolute atomic E-state index is 13.6. The molecule has 1 amide bonds. The number of halogens is 4. The molecule has 33 heavy (non-hydrogen) atoms. The van der Waals surface area contributed by atoms with Crippen LogP contribution in [0.5, 0.6) is 5.75 Å². The van der Waals surface area contributed by atoms with Crippen molar-refractivity contribution in [3.05, 3.63) is 48.2 Å². The number of aromatic nitrogens is 3. The highest BCUT2D eigenvalue weighted by Gasteiger charge is 2.36. The highest BCUT2D eigenvalue weighted by Crippen LogP contribution is 2.30. The normalized spacial score (nSPS) is 22.2. The molecule has 2 aliphatic heterocycles. The average Bonchev–Trinajstić information content (AvgIpc) is 3.50. The lowest BCUT2D eigenvalue weighted by atomic mass is 10.1. The molecule has 1 saturated heterocycles. The Morgan fingerprint density at radius 3 is 2.94 bits per heavy atom. The number of nitrogens with one attached hydrogen (secondary N) is 2. The highest BCUT2D eigenvalue weighted by atomic mass is 19.4. The van der Waals surface area contributed by atoms with E-state index in [1.807, 2.05) is 0 Å². The van der Waals surface area contributed by atoms with Crippen molar-refractivity contribution in [1.82, 2.24) is 30.5 Å². The van der Waals surface area contributed by atoms with Crippen molar-refractivity contribution in [1.29, 1.82) is 5.26 Å². The number of alkyl halides is 3. The Bertz CT molecular complexity index is 1080. The molecule has 2 aliphatic rings. The summed E-state index contributed by atoms with van der Waals surface area (Å²) < 4.78 is 61.7. The van der Waals surface area contributed by atoms with Gasteiger partial charge in [-0.05, 0) is 24.6 Å². The van der Waals surface area contributed by atoms with Crippen molar-refractivity contribution in [2.45, 2.75) is 37.6 Å². The van der Waals surface area contributed by atoms with Crippen LogP contribution in [0, 0.1) is 17.3 Å². The average molecular weight is 467 g/mol. The minimum atomic E-state index is -5.06. The molecule has 174 valence electrons. The van der Waals surface area contributed by atoms with Gasteiger partial charge in [-0.25, -0.2) is 4.39 Å². The third-order valence-corrected chi connectivity index (χ3v) is 5.05. The molecule has 4 rings (SSSR count). The van der Waals surface area contributed by atoms with Crippen molar-refractivity contribution >= 4 is 11.7 Å². The molecule has 1 unspecified atom stereocenters. The fourth-order valence-corrected chi connectivity index (χ4v) is 3.63. The Labute approximate surface area is 184 Å². The molecule has 10 nitrogen and oxygen atoms in total. The Morgan fingerprint density at radius 2 is 2.24 bits per heavy atom. The molecule has 14 heteroatoms. The van der Waals surface area contributed by atoms with E-state index in [4.69, 9.17) is 4.74 Å². The van der Waals surface area contributed by atoms with Crippen LogP contribution in [0.25, 0.3) is 5.76 Å². The zero-order valence-corrected chi connectivity index (χ0v) is 16.8. The molecule has 3 heterocycles. The van der Waals surface area contributed by atoms with Crippen LogP contribution in [0.1, 0.15) is 12.0 Å². The summed E-state index contributed by atoms with van der Waals surface area (Å²) in [6, 6.07) is 2.31. The molecule has 1 fully saturated rings. The quantitative estimate of drug-likeness (QED) is 0.483. The number of benzene rings is 1. The second kappa shape index (κ2) is 8.85. The van der Waals surface area contributed by atoms with Gasteiger partial charge in [0.05, 0.1) is 18.8 Å². The number of carbonyl (C=O) groups is 1. The van der Waals surface area contributed by atoms with E-state index in [1.165, 1.54) is 18.5 Å². The van der Waals surface area contributed by atoms with Gasteiger partial charge in [-0.3, -0.25) is 9.48 Å². The first-order chi connectivity index (χ1) is 15.7. The number of amides is 1. The Hall–Kier alpha value is -4.02. The first-order valence-corrected chi connectivity index (χ1v) is 9.71. The first kappa shape index (κ1) is 22.2. The topological polar surface area (TPSA) is 117 Å². The van der Waals surface area contributed by atoms with E-state index < -0.39 is 30.1 Å². The Balaban J connectivity index is 1.34. The number of hydrogen-bond donors (Lipinski definition) is 2. The van der Waals surface area contributed by atoms with Crippen LogP contribution in [0.3, 0.4) is 0 Å². The van der Waals surface area contributed by atoms with E-state index >= 15 is 0 Å². The highest BCUT2D eigenvalue weighted by molar-refractivity contribution is 5.83. The van der Waals surface area contributed by atoms with Crippen molar-refractivity contribution in [2.24, 2.45) is 0 Å². The maximum atomic E-state index is 13.6. The van der Waals surface area contributed by atoms with Gasteiger partial charge in [0.2, 0.25) is 6.23 Å². The molecule has 1 aromatic heterocycles. The van der Waals surface area contributed by atoms with Crippen molar-refractivity contribution in [3.63, 3.8) is 0 Å². The van der Waals surface area contributed by atoms with E-state index in [0.717, 1.165) is 12.1 Å². The third-order valence-electron chi connectivity index (χ3n) is 5.05. The van der Waals surface area contributed by atoms with Crippen LogP contribution in [-0.2, 0) is 16.1 Å². The number of nitriles is 1. The fraction of sp³-hybridized carbons (Fsp3) is 0.368. The number of ether oxygens (including phenoxy) is 2. The summed E-state index contributed by atoms with van der Waals surface area (Å²) >= 11 is 0. The molecule has 0 radical (unpaired) electrons. The Kier molecular flexibility index (Phi) is 5.95. The van der Waals surface area contributed by atoms with Crippen molar-refractivity contribution < 1.29 is 31.8 Å². The summed E-state index contributed by atoms with van der Waals surface area (Å²) in [7, 11) is 0. The lowest BCUT2D eigenvalue weighted by Gasteiger charge is -2.17. The molecule has 1 aromatic carbocycles. The largest absolute Gasteiger partial charge is 0.573 e. The summed E-state index contributed by atoms with van der Waals surface area (Å²) in [5.41, 5.74) is 0.0860. The summed E-state index contributed by atoms with van der Waals surface area (Å²) in [4.78, 5) is 14.2. The zero-order chi connectivity index (χ0) is 23.6. The second-order valence-corrected chi connectivity index (χ2v) is 7.34. The van der Waals surface area contributed by atoms with Gasteiger partial charge in [0.15, 0.2) is 17.8 Å². The number of rotatable bonds is 6. The number of likely N-dealkylation sites (tertiary alicyclic amines) is 1. The number of carbonyl (C=O) groups excluding carboxylic acids is 1. The van der Waals surface area contributed by atoms with Gasteiger partial charge in [0.1, 0.15) is 5.76 Å². The molecular formula is C19H17F4N7O3. The minimum absolute atomic E-state index is 0.0382. The number of nitrogens with zero attached hydrogens (tertiary/aromatic N) is 5. The first-order valence-electron chi connectivity index (χ1n) is 9.71. The monoisotopic (exact) mass is 467 g/mol. The van der Waals surface area contributed by atoms with Gasteiger partial charge >= 0.3 is 6.36 Å². The summed E-state index contributed by atoms with van der Waals surface area (Å²) in [5, 5.41) is 22.4. The third kappa shape index (κ3) is 5.25. The summed E-state index contributed by atoms with van der Waals surface area (Å²) in [6.45, 7) is 0.724. The van der Waals surface area contributed by atoms with Crippen LogP contribution in [0.4, 0.5) is 17.6 Å². The van der Waals surface area contributed by atoms with Crippen molar-refractivity contribution in [2.75, 3.05) is 6.54 Å². The predicted molar refractivity (Wildman–Crippen MR) is 102 cm³/mol. The molecule has 2 N–H and O–H groups in total. The molecule has 0 bridgehead atoms. The van der Waals surface area contributed by atoms with Gasteiger partial charge in [-0.15, -0.1) is 18.3 Å². The van der Waals surface area contributed by atoms with E-state index in [2.05, 4.69) is 31.9 Å². The molecule has 0 saturated carbocycles. The van der Waals surface area contributed by atoms with Gasteiger partial charge in [0, 0.05) is 30.5 Å². The smallest absolute Gasteiger partial charge is 0.459 e. The lowest BCUT2D eigenvalue weighted by molar-refractivity contribution is -0.275. The summed E-state index contributed by atoms with van der Waals surface area (Å²) in [5.74, 6) is -2.70. The molecule has 2 aromatic rings. The van der Waals surface area contributed by atoms with E-state index in [9.17, 15) is 27.6 Å². The van der Waals surface area contributed by atoms with Crippen LogP contribution < -0.4 is 15.4 Å². The van der Waals surface area contributed by atoms with Gasteiger partial charge < -0.3 is 25.0 Å². The zero-order valence-electron chi connectivity index (χ0n) is 16.8. The van der Waals surface area contributed by atoms with Gasteiger partial charge in [0.25, 0.3) is 5.91 Å². The van der Waals surface area contributed by atoms with E-state index in [0.29, 0.717) is 19.5 Å². The fourth-order valence-electron chi connectivity index (χ4n) is 3.63. The predicted octanol–water partition coefficient (Wildman–Crippen LogP) is 1.30.